The molecule has 0 aromatic carbocycles. The van der Waals surface area contributed by atoms with Crippen LogP contribution in [0.2, 0.25) is 0 Å². The Kier molecular flexibility index (Phi) is 5.12. The van der Waals surface area contributed by atoms with Crippen LogP contribution in [0.1, 0.15) is 19.5 Å². The van der Waals surface area contributed by atoms with Gasteiger partial charge in [-0.2, -0.15) is 0 Å². The Bertz CT molecular complexity index is 249. The number of hydrogen-bond donors (Lipinski definition) is 0. The second kappa shape index (κ2) is 6.14. The maximum Gasteiger partial charge on any atom is 0.0544 e. The lowest BCUT2D eigenvalue weighted by Gasteiger charge is -2.24. The molecule has 0 saturated heterocycles. The summed E-state index contributed by atoms with van der Waals surface area (Å²) in [5.74, 6) is 0. The van der Waals surface area contributed by atoms with Gasteiger partial charge in [0.1, 0.15) is 0 Å². The molecule has 78 valence electrons. The molecule has 14 heavy (non-hydrogen) atoms. The van der Waals surface area contributed by atoms with E-state index in [-0.39, 0.29) is 0 Å². The van der Waals surface area contributed by atoms with Gasteiger partial charge in [0.2, 0.25) is 0 Å². The Morgan fingerprint density at radius 1 is 1.43 bits per heavy atom. The van der Waals surface area contributed by atoms with Crippen molar-refractivity contribution in [3.05, 3.63) is 30.1 Å². The van der Waals surface area contributed by atoms with Gasteiger partial charge in [0, 0.05) is 30.7 Å². The van der Waals surface area contributed by atoms with Crippen molar-refractivity contribution in [1.29, 1.82) is 0 Å². The third-order valence-corrected chi connectivity index (χ3v) is 2.55. The zero-order valence-corrected chi connectivity index (χ0v) is 10.4. The molecule has 0 amide bonds. The number of hydrogen-bond acceptors (Lipinski definition) is 2. The quantitative estimate of drug-likeness (QED) is 0.754. The molecule has 0 aliphatic rings. The molecule has 1 rings (SSSR count). The first-order valence-corrected chi connectivity index (χ1v) is 6.06. The van der Waals surface area contributed by atoms with Crippen LogP contribution < -0.4 is 0 Å². The first kappa shape index (κ1) is 11.7. The van der Waals surface area contributed by atoms with Crippen LogP contribution in [0, 0.1) is 0 Å². The number of aromatic nitrogens is 1. The third kappa shape index (κ3) is 3.76. The summed E-state index contributed by atoms with van der Waals surface area (Å²) in [5, 5.41) is 1.01. The molecule has 0 bridgehead atoms. The number of halogens is 1. The number of rotatable bonds is 5. The lowest BCUT2D eigenvalue weighted by Crippen LogP contribution is -2.32. The minimum absolute atomic E-state index is 0.564. The highest BCUT2D eigenvalue weighted by molar-refractivity contribution is 9.09. The Hall–Kier alpha value is -0.410. The Morgan fingerprint density at radius 2 is 2.21 bits per heavy atom. The van der Waals surface area contributed by atoms with Crippen LogP contribution in [0.15, 0.2) is 24.4 Å². The highest BCUT2D eigenvalue weighted by atomic mass is 79.9. The van der Waals surface area contributed by atoms with E-state index in [2.05, 4.69) is 45.7 Å². The molecular weight excluding hydrogens is 240 g/mol. The summed E-state index contributed by atoms with van der Waals surface area (Å²) < 4.78 is 0. The molecule has 0 saturated carbocycles. The van der Waals surface area contributed by atoms with Crippen LogP contribution >= 0.6 is 15.9 Å². The second-order valence-corrected chi connectivity index (χ2v) is 4.37. The second-order valence-electron chi connectivity index (χ2n) is 3.57. The molecule has 1 aromatic heterocycles. The summed E-state index contributed by atoms with van der Waals surface area (Å²) in [7, 11) is 0. The van der Waals surface area contributed by atoms with Crippen LogP contribution in [-0.2, 0) is 6.54 Å². The van der Waals surface area contributed by atoms with E-state index in [0.29, 0.717) is 6.04 Å². The van der Waals surface area contributed by atoms with Gasteiger partial charge in [-0.05, 0) is 26.0 Å². The summed E-state index contributed by atoms with van der Waals surface area (Å²) in [6.45, 7) is 6.43. The lowest BCUT2D eigenvalue weighted by molar-refractivity contribution is 0.225. The smallest absolute Gasteiger partial charge is 0.0544 e. The van der Waals surface area contributed by atoms with Gasteiger partial charge in [0.15, 0.2) is 0 Å². The van der Waals surface area contributed by atoms with Crippen molar-refractivity contribution in [2.45, 2.75) is 26.4 Å². The zero-order valence-electron chi connectivity index (χ0n) is 8.78. The van der Waals surface area contributed by atoms with Crippen molar-refractivity contribution in [3.63, 3.8) is 0 Å². The van der Waals surface area contributed by atoms with Gasteiger partial charge in [0.25, 0.3) is 0 Å². The van der Waals surface area contributed by atoms with Crippen molar-refractivity contribution >= 4 is 15.9 Å². The fraction of sp³-hybridized carbons (Fsp3) is 0.545. The highest BCUT2D eigenvalue weighted by Gasteiger charge is 2.09. The van der Waals surface area contributed by atoms with Gasteiger partial charge in [-0.3, -0.25) is 9.88 Å². The van der Waals surface area contributed by atoms with E-state index in [1.807, 2.05) is 18.3 Å². The van der Waals surface area contributed by atoms with Crippen LogP contribution in [0.3, 0.4) is 0 Å². The van der Waals surface area contributed by atoms with Crippen LogP contribution in [0.4, 0.5) is 0 Å². The minimum Gasteiger partial charge on any atom is -0.294 e. The first-order valence-electron chi connectivity index (χ1n) is 4.94. The van der Waals surface area contributed by atoms with Gasteiger partial charge in [-0.25, -0.2) is 0 Å². The lowest BCUT2D eigenvalue weighted by atomic mass is 10.2. The summed E-state index contributed by atoms with van der Waals surface area (Å²) in [4.78, 5) is 6.73. The molecule has 0 unspecified atom stereocenters. The number of alkyl halides is 1. The predicted octanol–water partition coefficient (Wildman–Crippen LogP) is 2.69. The van der Waals surface area contributed by atoms with Crippen molar-refractivity contribution in [2.24, 2.45) is 0 Å². The van der Waals surface area contributed by atoms with Gasteiger partial charge in [0.05, 0.1) is 5.69 Å². The summed E-state index contributed by atoms with van der Waals surface area (Å²) in [5.41, 5.74) is 1.14. The van der Waals surface area contributed by atoms with Gasteiger partial charge in [-0.15, -0.1) is 0 Å². The molecule has 0 N–H and O–H groups in total. The van der Waals surface area contributed by atoms with E-state index < -0.39 is 0 Å². The molecule has 0 fully saturated rings. The van der Waals surface area contributed by atoms with Gasteiger partial charge < -0.3 is 0 Å². The van der Waals surface area contributed by atoms with Crippen molar-refractivity contribution < 1.29 is 0 Å². The van der Waals surface area contributed by atoms with Crippen molar-refractivity contribution in [3.8, 4) is 0 Å². The molecular formula is C11H17BrN2. The summed E-state index contributed by atoms with van der Waals surface area (Å²) in [6, 6.07) is 6.63. The average Bonchev–Trinajstić information content (AvgIpc) is 2.18. The fourth-order valence-corrected chi connectivity index (χ4v) is 1.78. The largest absolute Gasteiger partial charge is 0.294 e. The topological polar surface area (TPSA) is 16.1 Å². The van der Waals surface area contributed by atoms with E-state index in [4.69, 9.17) is 0 Å². The van der Waals surface area contributed by atoms with Gasteiger partial charge >= 0.3 is 0 Å². The minimum atomic E-state index is 0.564. The molecule has 1 heterocycles. The van der Waals surface area contributed by atoms with E-state index >= 15 is 0 Å². The zero-order chi connectivity index (χ0) is 10.4. The fourth-order valence-electron chi connectivity index (χ4n) is 1.33. The Balaban J connectivity index is 2.55. The number of nitrogens with zero attached hydrogens (tertiary/aromatic N) is 2. The average molecular weight is 257 g/mol. The summed E-state index contributed by atoms with van der Waals surface area (Å²) >= 11 is 3.47. The Morgan fingerprint density at radius 3 is 2.71 bits per heavy atom. The SMILES string of the molecule is CC(C)N(CCBr)Cc1ccccn1. The van der Waals surface area contributed by atoms with E-state index in [1.165, 1.54) is 0 Å². The van der Waals surface area contributed by atoms with E-state index in [9.17, 15) is 0 Å². The first-order chi connectivity index (χ1) is 6.74. The van der Waals surface area contributed by atoms with Crippen LogP contribution in [0.5, 0.6) is 0 Å². The van der Waals surface area contributed by atoms with E-state index in [1.54, 1.807) is 0 Å². The Labute approximate surface area is 94.5 Å². The normalized spacial score (nSPS) is 11.2. The third-order valence-electron chi connectivity index (χ3n) is 2.19. The van der Waals surface area contributed by atoms with Crippen LogP contribution in [-0.4, -0.2) is 27.8 Å². The van der Waals surface area contributed by atoms with Crippen molar-refractivity contribution in [1.82, 2.24) is 9.88 Å². The molecule has 3 heteroatoms. The molecule has 0 aliphatic carbocycles. The predicted molar refractivity (Wildman–Crippen MR) is 63.6 cm³/mol. The highest BCUT2D eigenvalue weighted by Crippen LogP contribution is 2.05. The summed E-state index contributed by atoms with van der Waals surface area (Å²) in [6.07, 6.45) is 1.85. The molecule has 0 spiro atoms. The maximum absolute atomic E-state index is 4.33. The number of pyridine rings is 1. The molecule has 0 radical (unpaired) electrons. The molecule has 0 atom stereocenters. The standard InChI is InChI=1S/C11H17BrN2/c1-10(2)14(8-6-12)9-11-5-3-4-7-13-11/h3-5,7,10H,6,8-9H2,1-2H3. The van der Waals surface area contributed by atoms with Crippen molar-refractivity contribution in [2.75, 3.05) is 11.9 Å². The monoisotopic (exact) mass is 256 g/mol. The molecule has 2 nitrogen and oxygen atoms in total. The van der Waals surface area contributed by atoms with Gasteiger partial charge in [-0.1, -0.05) is 22.0 Å². The maximum atomic E-state index is 4.33. The van der Waals surface area contributed by atoms with Crippen LogP contribution in [0.25, 0.3) is 0 Å². The van der Waals surface area contributed by atoms with E-state index in [0.717, 1.165) is 24.1 Å². The molecule has 0 aliphatic heterocycles. The molecule has 1 aromatic rings.